The van der Waals surface area contributed by atoms with Gasteiger partial charge in [-0.05, 0) is 50.3 Å². The number of piperidine rings is 1. The van der Waals surface area contributed by atoms with Gasteiger partial charge in [0, 0.05) is 42.9 Å². The van der Waals surface area contributed by atoms with E-state index in [1.165, 1.54) is 0 Å². The van der Waals surface area contributed by atoms with Crippen LogP contribution in [0.5, 0.6) is 5.75 Å². The Balaban J connectivity index is 1.35. The normalized spacial score (nSPS) is 25.1. The molecule has 1 saturated heterocycles. The summed E-state index contributed by atoms with van der Waals surface area (Å²) in [7, 11) is 0. The Morgan fingerprint density at radius 2 is 2.06 bits per heavy atom. The zero-order valence-corrected chi connectivity index (χ0v) is 18.1. The highest BCUT2D eigenvalue weighted by atomic mass is 19.1. The SMILES string of the molecule is CC1CCC2=C(CC(N3CCOc4cc(C(=O)N5CCC(C)(F)CC5)cnc43)=C2)C1=O. The van der Waals surface area contributed by atoms with Crippen molar-refractivity contribution in [2.24, 2.45) is 5.92 Å². The molecular formula is C24H28FN3O3. The van der Waals surface area contributed by atoms with Crippen molar-refractivity contribution in [1.82, 2.24) is 9.88 Å². The van der Waals surface area contributed by atoms with E-state index in [1.54, 1.807) is 24.1 Å². The van der Waals surface area contributed by atoms with Crippen LogP contribution in [-0.4, -0.2) is 53.5 Å². The Morgan fingerprint density at radius 1 is 1.29 bits per heavy atom. The number of Topliss-reactive ketones (excluding diaryl/α,β-unsaturated/α-hetero) is 1. The molecule has 0 N–H and O–H groups in total. The molecular weight excluding hydrogens is 397 g/mol. The van der Waals surface area contributed by atoms with Crippen molar-refractivity contribution in [3.8, 4) is 5.75 Å². The van der Waals surface area contributed by atoms with E-state index >= 15 is 0 Å². The van der Waals surface area contributed by atoms with Crippen molar-refractivity contribution in [3.05, 3.63) is 40.7 Å². The number of allylic oxidation sites excluding steroid dienone is 3. The van der Waals surface area contributed by atoms with Crippen LogP contribution >= 0.6 is 0 Å². The molecule has 0 bridgehead atoms. The summed E-state index contributed by atoms with van der Waals surface area (Å²) in [5.41, 5.74) is 2.43. The first kappa shape index (κ1) is 20.2. The molecule has 1 unspecified atom stereocenters. The van der Waals surface area contributed by atoms with E-state index in [-0.39, 0.29) is 17.6 Å². The van der Waals surface area contributed by atoms with Gasteiger partial charge in [0.05, 0.1) is 12.1 Å². The van der Waals surface area contributed by atoms with Gasteiger partial charge in [-0.25, -0.2) is 9.37 Å². The van der Waals surface area contributed by atoms with Crippen LogP contribution in [0.1, 0.15) is 56.3 Å². The second kappa shape index (κ2) is 7.46. The number of pyridine rings is 1. The number of carbonyl (C=O) groups excluding carboxylic acids is 2. The van der Waals surface area contributed by atoms with Gasteiger partial charge in [-0.3, -0.25) is 9.59 Å². The number of amides is 1. The highest BCUT2D eigenvalue weighted by Crippen LogP contribution is 2.41. The second-order valence-corrected chi connectivity index (χ2v) is 9.37. The van der Waals surface area contributed by atoms with Gasteiger partial charge in [-0.2, -0.15) is 0 Å². The molecule has 1 aromatic heterocycles. The van der Waals surface area contributed by atoms with Gasteiger partial charge in [-0.1, -0.05) is 6.92 Å². The molecule has 0 spiro atoms. The number of ketones is 1. The number of likely N-dealkylation sites (tertiary alicyclic amines) is 1. The van der Waals surface area contributed by atoms with Crippen LogP contribution in [-0.2, 0) is 4.79 Å². The van der Waals surface area contributed by atoms with Crippen LogP contribution in [0.3, 0.4) is 0 Å². The van der Waals surface area contributed by atoms with E-state index in [0.717, 1.165) is 29.7 Å². The van der Waals surface area contributed by atoms with E-state index in [0.29, 0.717) is 62.6 Å². The molecule has 0 aromatic carbocycles. The average molecular weight is 426 g/mol. The number of carbonyl (C=O) groups is 2. The topological polar surface area (TPSA) is 62.7 Å². The summed E-state index contributed by atoms with van der Waals surface area (Å²) in [5, 5.41) is 0. The third kappa shape index (κ3) is 3.64. The number of rotatable bonds is 2. The van der Waals surface area contributed by atoms with Gasteiger partial charge < -0.3 is 14.5 Å². The van der Waals surface area contributed by atoms with E-state index in [4.69, 9.17) is 4.74 Å². The van der Waals surface area contributed by atoms with Crippen molar-refractivity contribution in [3.63, 3.8) is 0 Å². The molecule has 1 atom stereocenters. The summed E-state index contributed by atoms with van der Waals surface area (Å²) in [6.07, 6.45) is 6.91. The highest BCUT2D eigenvalue weighted by Gasteiger charge is 2.35. The number of fused-ring (bicyclic) bond motifs is 1. The lowest BCUT2D eigenvalue weighted by Gasteiger charge is -2.34. The van der Waals surface area contributed by atoms with Crippen molar-refractivity contribution in [2.45, 2.75) is 51.6 Å². The smallest absolute Gasteiger partial charge is 0.255 e. The fourth-order valence-corrected chi connectivity index (χ4v) is 4.93. The minimum Gasteiger partial charge on any atom is -0.488 e. The maximum Gasteiger partial charge on any atom is 0.255 e. The summed E-state index contributed by atoms with van der Waals surface area (Å²) < 4.78 is 19.9. The molecule has 4 aliphatic rings. The van der Waals surface area contributed by atoms with E-state index in [2.05, 4.69) is 16.0 Å². The maximum absolute atomic E-state index is 14.1. The fraction of sp³-hybridized carbons (Fsp3) is 0.542. The zero-order valence-electron chi connectivity index (χ0n) is 18.1. The highest BCUT2D eigenvalue weighted by molar-refractivity contribution is 6.00. The summed E-state index contributed by atoms with van der Waals surface area (Å²) in [6, 6.07) is 1.75. The van der Waals surface area contributed by atoms with Gasteiger partial charge >= 0.3 is 0 Å². The molecule has 6 nitrogen and oxygen atoms in total. The number of ether oxygens (including phenoxy) is 1. The van der Waals surface area contributed by atoms with Gasteiger partial charge in [0.25, 0.3) is 5.91 Å². The van der Waals surface area contributed by atoms with Gasteiger partial charge in [0.1, 0.15) is 12.3 Å². The number of alkyl halides is 1. The van der Waals surface area contributed by atoms with Crippen molar-refractivity contribution in [2.75, 3.05) is 31.1 Å². The number of anilines is 1. The van der Waals surface area contributed by atoms with Crippen molar-refractivity contribution >= 4 is 17.5 Å². The zero-order chi connectivity index (χ0) is 21.8. The molecule has 164 valence electrons. The Labute approximate surface area is 181 Å². The largest absolute Gasteiger partial charge is 0.488 e. The molecule has 5 rings (SSSR count). The third-order valence-electron chi connectivity index (χ3n) is 7.03. The first-order valence-electron chi connectivity index (χ1n) is 11.2. The monoisotopic (exact) mass is 425 g/mol. The molecule has 31 heavy (non-hydrogen) atoms. The lowest BCUT2D eigenvalue weighted by molar-refractivity contribution is -0.119. The first-order valence-corrected chi connectivity index (χ1v) is 11.2. The van der Waals surface area contributed by atoms with Crippen LogP contribution in [0.2, 0.25) is 0 Å². The molecule has 1 amide bonds. The second-order valence-electron chi connectivity index (χ2n) is 9.37. The molecule has 1 fully saturated rings. The van der Waals surface area contributed by atoms with E-state index in [1.807, 2.05) is 6.92 Å². The predicted molar refractivity (Wildman–Crippen MR) is 115 cm³/mol. The minimum absolute atomic E-state index is 0.0974. The summed E-state index contributed by atoms with van der Waals surface area (Å²) in [6.45, 7) is 5.56. The van der Waals surface area contributed by atoms with Crippen LogP contribution in [0.25, 0.3) is 0 Å². The maximum atomic E-state index is 14.1. The molecule has 1 aromatic rings. The number of nitrogens with zero attached hydrogens (tertiary/aromatic N) is 3. The molecule has 0 radical (unpaired) electrons. The Morgan fingerprint density at radius 3 is 2.84 bits per heavy atom. The quantitative estimate of drug-likeness (QED) is 0.721. The van der Waals surface area contributed by atoms with Crippen LogP contribution in [0.4, 0.5) is 10.2 Å². The Hall–Kier alpha value is -2.70. The third-order valence-corrected chi connectivity index (χ3v) is 7.03. The number of halogens is 1. The minimum atomic E-state index is -1.20. The number of hydrogen-bond donors (Lipinski definition) is 0. The molecule has 0 saturated carbocycles. The lowest BCUT2D eigenvalue weighted by atomic mass is 9.85. The predicted octanol–water partition coefficient (Wildman–Crippen LogP) is 3.83. The Kier molecular flexibility index (Phi) is 4.87. The van der Waals surface area contributed by atoms with Crippen LogP contribution in [0, 0.1) is 5.92 Å². The van der Waals surface area contributed by atoms with E-state index in [9.17, 15) is 14.0 Å². The van der Waals surface area contributed by atoms with Crippen LogP contribution in [0.15, 0.2) is 35.2 Å². The summed E-state index contributed by atoms with van der Waals surface area (Å²) in [5.74, 6) is 1.49. The average Bonchev–Trinajstić information content (AvgIpc) is 3.20. The van der Waals surface area contributed by atoms with Crippen molar-refractivity contribution < 1.29 is 18.7 Å². The first-order chi connectivity index (χ1) is 14.8. The number of hydrogen-bond acceptors (Lipinski definition) is 5. The Bertz CT molecular complexity index is 1000. The van der Waals surface area contributed by atoms with Gasteiger partial charge in [-0.15, -0.1) is 0 Å². The van der Waals surface area contributed by atoms with Crippen molar-refractivity contribution in [1.29, 1.82) is 0 Å². The number of aromatic nitrogens is 1. The molecule has 2 aliphatic heterocycles. The fourth-order valence-electron chi connectivity index (χ4n) is 4.93. The summed E-state index contributed by atoms with van der Waals surface area (Å²) in [4.78, 5) is 33.9. The van der Waals surface area contributed by atoms with E-state index < -0.39 is 5.67 Å². The van der Waals surface area contributed by atoms with Gasteiger partial charge in [0.2, 0.25) is 0 Å². The van der Waals surface area contributed by atoms with Crippen LogP contribution < -0.4 is 9.64 Å². The summed E-state index contributed by atoms with van der Waals surface area (Å²) >= 11 is 0. The standard InChI is InChI=1S/C24H28FN3O3/c1-15-3-4-16-11-18(13-19(16)21(15)29)28-9-10-31-20-12-17(14-26-22(20)28)23(30)27-7-5-24(2,25)6-8-27/h11-12,14-15H,3-10,13H2,1-2H3. The molecule has 7 heteroatoms. The lowest BCUT2D eigenvalue weighted by Crippen LogP contribution is -2.43. The molecule has 2 aliphatic carbocycles. The molecule has 3 heterocycles. The van der Waals surface area contributed by atoms with Gasteiger partial charge in [0.15, 0.2) is 17.4 Å².